The number of nitrogens with two attached hydrogens (primary N) is 1. The molecule has 2 rings (SSSR count). The third-order valence-electron chi connectivity index (χ3n) is 3.60. The summed E-state index contributed by atoms with van der Waals surface area (Å²) in [4.78, 5) is 8.09. The van der Waals surface area contributed by atoms with E-state index in [0.29, 0.717) is 11.6 Å². The average molecular weight is 366 g/mol. The van der Waals surface area contributed by atoms with Gasteiger partial charge in [-0.2, -0.15) is 0 Å². The lowest BCUT2D eigenvalue weighted by atomic mass is 10.0. The van der Waals surface area contributed by atoms with Crippen LogP contribution < -0.4 is 19.9 Å². The van der Waals surface area contributed by atoms with Crippen molar-refractivity contribution in [1.82, 2.24) is 14.7 Å². The lowest BCUT2D eigenvalue weighted by molar-refractivity contribution is 0.397. The van der Waals surface area contributed by atoms with Crippen LogP contribution in [-0.2, 0) is 10.0 Å². The highest BCUT2D eigenvalue weighted by Gasteiger charge is 2.23. The largest absolute Gasteiger partial charge is 0.495 e. The van der Waals surface area contributed by atoms with Gasteiger partial charge in [0.15, 0.2) is 11.6 Å². The molecular weight excluding hydrogens is 344 g/mol. The van der Waals surface area contributed by atoms with Crippen molar-refractivity contribution in [2.24, 2.45) is 0 Å². The van der Waals surface area contributed by atoms with Gasteiger partial charge >= 0.3 is 0 Å². The molecule has 0 aliphatic rings. The van der Waals surface area contributed by atoms with Gasteiger partial charge in [-0.3, -0.25) is 0 Å². The maximum Gasteiger partial charge on any atom is 0.244 e. The first-order valence-corrected chi connectivity index (χ1v) is 9.10. The fourth-order valence-corrected chi connectivity index (χ4v) is 3.14. The standard InChI is InChI=1S/C16H22N4O4S/c1-9(2)11-6-13(23-5)15(25(21,22)18-4)7-12(11)24-14-8-19-10(3)20-16(14)17/h6-9,18H,1-5H3,(H2,17,19,20). The number of aryl methyl sites for hydroxylation is 1. The monoisotopic (exact) mass is 366 g/mol. The van der Waals surface area contributed by atoms with Gasteiger partial charge in [0.25, 0.3) is 0 Å². The van der Waals surface area contributed by atoms with Crippen molar-refractivity contribution in [2.45, 2.75) is 31.6 Å². The molecule has 25 heavy (non-hydrogen) atoms. The summed E-state index contributed by atoms with van der Waals surface area (Å²) in [7, 11) is -0.985. The first-order valence-electron chi connectivity index (χ1n) is 7.62. The molecule has 0 saturated carbocycles. The molecule has 0 radical (unpaired) electrons. The summed E-state index contributed by atoms with van der Waals surface area (Å²) in [5.41, 5.74) is 6.64. The number of rotatable bonds is 6. The van der Waals surface area contributed by atoms with Crippen LogP contribution in [0.1, 0.15) is 31.2 Å². The zero-order valence-corrected chi connectivity index (χ0v) is 15.6. The third-order valence-corrected chi connectivity index (χ3v) is 5.04. The van der Waals surface area contributed by atoms with E-state index >= 15 is 0 Å². The van der Waals surface area contributed by atoms with Crippen LogP contribution in [0.4, 0.5) is 5.82 Å². The van der Waals surface area contributed by atoms with Crippen LogP contribution in [0.5, 0.6) is 17.2 Å². The second-order valence-corrected chi connectivity index (χ2v) is 7.53. The topological polar surface area (TPSA) is 116 Å². The number of nitrogens with one attached hydrogen (secondary N) is 1. The minimum atomic E-state index is -3.73. The van der Waals surface area contributed by atoms with Crippen molar-refractivity contribution in [2.75, 3.05) is 19.9 Å². The molecule has 136 valence electrons. The van der Waals surface area contributed by atoms with Gasteiger partial charge in [0.1, 0.15) is 22.2 Å². The Morgan fingerprint density at radius 1 is 1.20 bits per heavy atom. The maximum atomic E-state index is 12.3. The second-order valence-electron chi connectivity index (χ2n) is 5.67. The average Bonchev–Trinajstić information content (AvgIpc) is 2.56. The maximum absolute atomic E-state index is 12.3. The smallest absolute Gasteiger partial charge is 0.244 e. The van der Waals surface area contributed by atoms with Crippen LogP contribution in [0.2, 0.25) is 0 Å². The number of anilines is 1. The molecule has 0 amide bonds. The number of aromatic nitrogens is 2. The molecule has 0 saturated heterocycles. The Morgan fingerprint density at radius 2 is 1.88 bits per heavy atom. The summed E-state index contributed by atoms with van der Waals surface area (Å²) in [5.74, 6) is 1.59. The minimum Gasteiger partial charge on any atom is -0.495 e. The van der Waals surface area contributed by atoms with Crippen molar-refractivity contribution < 1.29 is 17.9 Å². The lowest BCUT2D eigenvalue weighted by Crippen LogP contribution is -2.19. The Balaban J connectivity index is 2.64. The first kappa shape index (κ1) is 18.9. The highest BCUT2D eigenvalue weighted by atomic mass is 32.2. The number of hydrogen-bond acceptors (Lipinski definition) is 7. The molecule has 1 heterocycles. The number of hydrogen-bond donors (Lipinski definition) is 2. The molecule has 9 heteroatoms. The predicted molar refractivity (Wildman–Crippen MR) is 94.6 cm³/mol. The number of methoxy groups -OCH3 is 1. The van der Waals surface area contributed by atoms with Gasteiger partial charge in [-0.25, -0.2) is 23.1 Å². The zero-order valence-electron chi connectivity index (χ0n) is 14.8. The quantitative estimate of drug-likeness (QED) is 0.805. The molecule has 3 N–H and O–H groups in total. The minimum absolute atomic E-state index is 0.0245. The fraction of sp³-hybridized carbons (Fsp3) is 0.375. The molecule has 0 atom stereocenters. The third kappa shape index (κ3) is 3.99. The number of nitrogen functional groups attached to an aromatic ring is 1. The van der Waals surface area contributed by atoms with Crippen molar-refractivity contribution >= 4 is 15.8 Å². The summed E-state index contributed by atoms with van der Waals surface area (Å²) < 4.78 is 37.9. The first-order chi connectivity index (χ1) is 11.7. The van der Waals surface area contributed by atoms with E-state index in [-0.39, 0.29) is 28.1 Å². The molecule has 0 unspecified atom stereocenters. The number of nitrogens with zero attached hydrogens (tertiary/aromatic N) is 2. The van der Waals surface area contributed by atoms with E-state index in [1.165, 1.54) is 26.4 Å². The lowest BCUT2D eigenvalue weighted by Gasteiger charge is -2.18. The number of benzene rings is 1. The van der Waals surface area contributed by atoms with E-state index in [4.69, 9.17) is 15.2 Å². The Hall–Kier alpha value is -2.39. The van der Waals surface area contributed by atoms with Gasteiger partial charge in [-0.15, -0.1) is 0 Å². The van der Waals surface area contributed by atoms with Crippen molar-refractivity contribution in [1.29, 1.82) is 0 Å². The molecule has 0 spiro atoms. The van der Waals surface area contributed by atoms with Gasteiger partial charge in [-0.1, -0.05) is 13.8 Å². The van der Waals surface area contributed by atoms with Gasteiger partial charge in [0.05, 0.1) is 13.3 Å². The number of sulfonamides is 1. The zero-order chi connectivity index (χ0) is 18.8. The Bertz CT molecular complexity index is 882. The molecule has 8 nitrogen and oxygen atoms in total. The summed E-state index contributed by atoms with van der Waals surface area (Å²) in [6.45, 7) is 5.64. The van der Waals surface area contributed by atoms with Crippen molar-refractivity contribution in [3.05, 3.63) is 29.7 Å². The van der Waals surface area contributed by atoms with Crippen LogP contribution in [0.3, 0.4) is 0 Å². The summed E-state index contributed by atoms with van der Waals surface area (Å²) in [5, 5.41) is 0. The van der Waals surface area contributed by atoms with E-state index in [9.17, 15) is 8.42 Å². The summed E-state index contributed by atoms with van der Waals surface area (Å²) in [6, 6.07) is 3.06. The molecule has 1 aromatic heterocycles. The second kappa shape index (κ2) is 7.24. The van der Waals surface area contributed by atoms with Gasteiger partial charge in [0, 0.05) is 11.6 Å². The Labute approximate surface area is 147 Å². The van der Waals surface area contributed by atoms with E-state index < -0.39 is 10.0 Å². The van der Waals surface area contributed by atoms with E-state index in [1.54, 1.807) is 13.0 Å². The van der Waals surface area contributed by atoms with Crippen molar-refractivity contribution in [3.8, 4) is 17.2 Å². The summed E-state index contributed by atoms with van der Waals surface area (Å²) >= 11 is 0. The SMILES string of the molecule is CNS(=O)(=O)c1cc(Oc2cnc(C)nc2N)c(C(C)C)cc1OC. The van der Waals surface area contributed by atoms with Gasteiger partial charge in [-0.05, 0) is 26.0 Å². The molecule has 0 aliphatic carbocycles. The Kier molecular flexibility index (Phi) is 5.48. The van der Waals surface area contributed by atoms with Crippen LogP contribution in [-0.4, -0.2) is 32.5 Å². The Morgan fingerprint density at radius 3 is 2.40 bits per heavy atom. The molecular formula is C16H22N4O4S. The molecule has 2 aromatic rings. The van der Waals surface area contributed by atoms with E-state index in [1.807, 2.05) is 13.8 Å². The number of ether oxygens (including phenoxy) is 2. The van der Waals surface area contributed by atoms with E-state index in [2.05, 4.69) is 14.7 Å². The fourth-order valence-electron chi connectivity index (χ4n) is 2.25. The molecule has 1 aromatic carbocycles. The molecule has 0 fully saturated rings. The molecule has 0 bridgehead atoms. The van der Waals surface area contributed by atoms with Crippen LogP contribution in [0.15, 0.2) is 23.2 Å². The van der Waals surface area contributed by atoms with Gasteiger partial charge < -0.3 is 15.2 Å². The highest BCUT2D eigenvalue weighted by molar-refractivity contribution is 7.89. The van der Waals surface area contributed by atoms with Crippen LogP contribution in [0.25, 0.3) is 0 Å². The van der Waals surface area contributed by atoms with Crippen LogP contribution in [0, 0.1) is 6.92 Å². The predicted octanol–water partition coefficient (Wildman–Crippen LogP) is 2.20. The summed E-state index contributed by atoms with van der Waals surface area (Å²) in [6.07, 6.45) is 1.46. The highest BCUT2D eigenvalue weighted by Crippen LogP contribution is 2.38. The molecule has 0 aliphatic heterocycles. The van der Waals surface area contributed by atoms with Crippen LogP contribution >= 0.6 is 0 Å². The van der Waals surface area contributed by atoms with E-state index in [0.717, 1.165) is 5.56 Å². The van der Waals surface area contributed by atoms with Crippen molar-refractivity contribution in [3.63, 3.8) is 0 Å². The van der Waals surface area contributed by atoms with Gasteiger partial charge in [0.2, 0.25) is 10.0 Å². The normalized spacial score (nSPS) is 11.6.